The van der Waals surface area contributed by atoms with Gasteiger partial charge >= 0.3 is 0 Å². The number of allylic oxidation sites excluding steroid dienone is 2. The van der Waals surface area contributed by atoms with Crippen molar-refractivity contribution < 1.29 is 0 Å². The summed E-state index contributed by atoms with van der Waals surface area (Å²) >= 11 is 0. The van der Waals surface area contributed by atoms with Crippen molar-refractivity contribution in [3.63, 3.8) is 0 Å². The minimum absolute atomic E-state index is 0.985. The van der Waals surface area contributed by atoms with Crippen LogP contribution in [0.3, 0.4) is 0 Å². The zero-order chi connectivity index (χ0) is 6.10. The van der Waals surface area contributed by atoms with Crippen molar-refractivity contribution in [2.45, 2.75) is 32.1 Å². The lowest BCUT2D eigenvalue weighted by atomic mass is 9.92. The van der Waals surface area contributed by atoms with Crippen LogP contribution in [0.1, 0.15) is 32.1 Å². The summed E-state index contributed by atoms with van der Waals surface area (Å²) in [4.78, 5) is 0. The summed E-state index contributed by atoms with van der Waals surface area (Å²) in [7, 11) is 0. The topological polar surface area (TPSA) is 0 Å². The van der Waals surface area contributed by atoms with Gasteiger partial charge < -0.3 is 0 Å². The summed E-state index contributed by atoms with van der Waals surface area (Å²) in [6, 6.07) is 0. The summed E-state index contributed by atoms with van der Waals surface area (Å²) in [6.07, 6.45) is 12.1. The lowest BCUT2D eigenvalue weighted by Gasteiger charge is -2.14. The molecule has 9 heavy (non-hydrogen) atoms. The first-order valence-electron chi connectivity index (χ1n) is 4.13. The third-order valence-corrected chi connectivity index (χ3v) is 2.52. The van der Waals surface area contributed by atoms with Crippen LogP contribution in [0.5, 0.6) is 0 Å². The van der Waals surface area contributed by atoms with Crippen LogP contribution in [-0.4, -0.2) is 0 Å². The molecule has 0 amide bonds. The molecule has 0 radical (unpaired) electrons. The first-order valence-corrected chi connectivity index (χ1v) is 4.13. The molecule has 0 heterocycles. The Morgan fingerprint density at radius 1 is 1.11 bits per heavy atom. The fourth-order valence-electron chi connectivity index (χ4n) is 1.76. The van der Waals surface area contributed by atoms with E-state index in [0.29, 0.717) is 0 Å². The zero-order valence-electron chi connectivity index (χ0n) is 5.84. The summed E-state index contributed by atoms with van der Waals surface area (Å²) < 4.78 is 0. The molecule has 1 unspecified atom stereocenters. The Morgan fingerprint density at radius 3 is 2.56 bits per heavy atom. The molecule has 1 saturated carbocycles. The van der Waals surface area contributed by atoms with Gasteiger partial charge in [0.15, 0.2) is 0 Å². The maximum atomic E-state index is 2.45. The van der Waals surface area contributed by atoms with Gasteiger partial charge in [0.05, 0.1) is 0 Å². The Morgan fingerprint density at radius 2 is 2.00 bits per heavy atom. The third kappa shape index (κ3) is 1.17. The van der Waals surface area contributed by atoms with Gasteiger partial charge in [-0.05, 0) is 43.9 Å². The van der Waals surface area contributed by atoms with Crippen LogP contribution in [0.2, 0.25) is 0 Å². The van der Waals surface area contributed by atoms with E-state index in [4.69, 9.17) is 0 Å². The molecule has 1 atom stereocenters. The normalized spacial score (nSPS) is 34.9. The van der Waals surface area contributed by atoms with Crippen LogP contribution in [0.25, 0.3) is 0 Å². The van der Waals surface area contributed by atoms with Gasteiger partial charge in [0.25, 0.3) is 0 Å². The first-order chi connectivity index (χ1) is 4.47. The number of rotatable bonds is 1. The van der Waals surface area contributed by atoms with Crippen molar-refractivity contribution in [2.24, 2.45) is 11.8 Å². The van der Waals surface area contributed by atoms with Gasteiger partial charge in [0.2, 0.25) is 0 Å². The SMILES string of the molecule is C1=CC(C2CC2)CCC1. The van der Waals surface area contributed by atoms with E-state index in [0.717, 1.165) is 11.8 Å². The smallest absolute Gasteiger partial charge is 0.0205 e. The second-order valence-corrected chi connectivity index (χ2v) is 3.36. The van der Waals surface area contributed by atoms with Crippen molar-refractivity contribution >= 4 is 0 Å². The lowest BCUT2D eigenvalue weighted by Crippen LogP contribution is -2.01. The van der Waals surface area contributed by atoms with Crippen molar-refractivity contribution in [1.29, 1.82) is 0 Å². The molecular weight excluding hydrogens is 108 g/mol. The molecule has 0 heteroatoms. The summed E-state index contributed by atoms with van der Waals surface area (Å²) in [5.74, 6) is 2.08. The van der Waals surface area contributed by atoms with E-state index in [-0.39, 0.29) is 0 Å². The molecule has 0 aromatic heterocycles. The highest BCUT2D eigenvalue weighted by atomic mass is 14.3. The zero-order valence-corrected chi connectivity index (χ0v) is 5.84. The fraction of sp³-hybridized carbons (Fsp3) is 0.778. The van der Waals surface area contributed by atoms with Crippen LogP contribution in [0.15, 0.2) is 12.2 Å². The molecule has 0 spiro atoms. The third-order valence-electron chi connectivity index (χ3n) is 2.52. The number of hydrogen-bond donors (Lipinski definition) is 0. The largest absolute Gasteiger partial charge is 0.0882 e. The summed E-state index contributed by atoms with van der Waals surface area (Å²) in [6.45, 7) is 0. The fourth-order valence-corrected chi connectivity index (χ4v) is 1.76. The van der Waals surface area contributed by atoms with Crippen LogP contribution < -0.4 is 0 Å². The summed E-state index contributed by atoms with van der Waals surface area (Å²) in [5.41, 5.74) is 0. The molecule has 0 saturated heterocycles. The van der Waals surface area contributed by atoms with Crippen LogP contribution in [0.4, 0.5) is 0 Å². The molecule has 0 bridgehead atoms. The number of hydrogen-bond acceptors (Lipinski definition) is 0. The quantitative estimate of drug-likeness (QED) is 0.469. The molecule has 0 aromatic rings. The van der Waals surface area contributed by atoms with E-state index in [9.17, 15) is 0 Å². The van der Waals surface area contributed by atoms with Crippen LogP contribution in [0, 0.1) is 11.8 Å². The van der Waals surface area contributed by atoms with Crippen molar-refractivity contribution in [3.05, 3.63) is 12.2 Å². The molecule has 1 fully saturated rings. The predicted molar refractivity (Wildman–Crippen MR) is 39.2 cm³/mol. The van der Waals surface area contributed by atoms with Gasteiger partial charge in [-0.25, -0.2) is 0 Å². The Kier molecular flexibility index (Phi) is 1.33. The van der Waals surface area contributed by atoms with Gasteiger partial charge in [-0.3, -0.25) is 0 Å². The van der Waals surface area contributed by atoms with Gasteiger partial charge in [-0.15, -0.1) is 0 Å². The molecule has 2 aliphatic carbocycles. The molecule has 0 aliphatic heterocycles. The minimum atomic E-state index is 0.985. The van der Waals surface area contributed by atoms with Crippen molar-refractivity contribution in [3.8, 4) is 0 Å². The molecule has 0 N–H and O–H groups in total. The first kappa shape index (κ1) is 5.52. The summed E-state index contributed by atoms with van der Waals surface area (Å²) in [5, 5.41) is 0. The predicted octanol–water partition coefficient (Wildman–Crippen LogP) is 2.75. The van der Waals surface area contributed by atoms with E-state index < -0.39 is 0 Å². The average Bonchev–Trinajstić information content (AvgIpc) is 2.71. The second kappa shape index (κ2) is 2.17. The minimum Gasteiger partial charge on any atom is -0.0882 e. The van der Waals surface area contributed by atoms with Crippen molar-refractivity contribution in [2.75, 3.05) is 0 Å². The molecular formula is C9H14. The van der Waals surface area contributed by atoms with Gasteiger partial charge in [0.1, 0.15) is 0 Å². The second-order valence-electron chi connectivity index (χ2n) is 3.36. The monoisotopic (exact) mass is 122 g/mol. The van der Waals surface area contributed by atoms with Crippen molar-refractivity contribution in [1.82, 2.24) is 0 Å². The molecule has 0 aromatic carbocycles. The highest BCUT2D eigenvalue weighted by molar-refractivity contribution is 4.99. The highest BCUT2D eigenvalue weighted by Gasteiger charge is 2.29. The standard InChI is InChI=1S/C9H14/c1-2-4-8(5-3-1)9-6-7-9/h2,4,8-9H,1,3,5-7H2. The Labute approximate surface area is 57.0 Å². The molecule has 2 rings (SSSR count). The Bertz CT molecular complexity index is 120. The van der Waals surface area contributed by atoms with E-state index in [1.165, 1.54) is 32.1 Å². The van der Waals surface area contributed by atoms with E-state index in [2.05, 4.69) is 12.2 Å². The van der Waals surface area contributed by atoms with E-state index in [1.54, 1.807) is 0 Å². The van der Waals surface area contributed by atoms with Crippen LogP contribution in [-0.2, 0) is 0 Å². The van der Waals surface area contributed by atoms with Gasteiger partial charge in [-0.2, -0.15) is 0 Å². The molecule has 50 valence electrons. The Balaban J connectivity index is 1.94. The van der Waals surface area contributed by atoms with Gasteiger partial charge in [0, 0.05) is 0 Å². The maximum absolute atomic E-state index is 2.45. The average molecular weight is 122 g/mol. The van der Waals surface area contributed by atoms with E-state index in [1.807, 2.05) is 0 Å². The van der Waals surface area contributed by atoms with E-state index >= 15 is 0 Å². The molecule has 0 nitrogen and oxygen atoms in total. The van der Waals surface area contributed by atoms with Gasteiger partial charge in [-0.1, -0.05) is 12.2 Å². The maximum Gasteiger partial charge on any atom is -0.0205 e. The lowest BCUT2D eigenvalue weighted by molar-refractivity contribution is 0.486. The van der Waals surface area contributed by atoms with Crippen LogP contribution >= 0.6 is 0 Å². The highest BCUT2D eigenvalue weighted by Crippen LogP contribution is 2.41. The Hall–Kier alpha value is -0.260. The molecule has 2 aliphatic rings.